The smallest absolute Gasteiger partial charge is 0.324 e. The van der Waals surface area contributed by atoms with E-state index in [0.717, 1.165) is 48.4 Å². The lowest BCUT2D eigenvalue weighted by Gasteiger charge is -2.30. The molecule has 0 amide bonds. The molecule has 32 heavy (non-hydrogen) atoms. The highest BCUT2D eigenvalue weighted by atomic mass is 32.2. The van der Waals surface area contributed by atoms with Crippen LogP contribution in [0.5, 0.6) is 5.75 Å². The highest BCUT2D eigenvalue weighted by Crippen LogP contribution is 2.25. The van der Waals surface area contributed by atoms with Crippen LogP contribution in [0.1, 0.15) is 18.7 Å². The van der Waals surface area contributed by atoms with Gasteiger partial charge in [0.05, 0.1) is 16.6 Å². The van der Waals surface area contributed by atoms with Gasteiger partial charge in [-0.1, -0.05) is 5.16 Å². The molecule has 9 nitrogen and oxygen atoms in total. The van der Waals surface area contributed by atoms with Crippen LogP contribution in [0.15, 0.2) is 58.2 Å². The van der Waals surface area contributed by atoms with Crippen LogP contribution in [0.4, 0.5) is 6.01 Å². The number of hydrogen-bond acceptors (Lipinski definition) is 8. The number of rotatable bonds is 5. The first-order chi connectivity index (χ1) is 15.4. The fraction of sp³-hybridized carbons (Fsp3) is 0.318. The number of anilines is 1. The Morgan fingerprint density at radius 2 is 1.94 bits per heavy atom. The molecule has 4 heterocycles. The highest BCUT2D eigenvalue weighted by molar-refractivity contribution is 7.90. The SMILES string of the molecule is Cc1noc(N2CCC(Oc3ccc(-n4ccc5cc(S(C)(=O)=O)ccc54)nc3)CC2)n1. The highest BCUT2D eigenvalue weighted by Gasteiger charge is 2.24. The monoisotopic (exact) mass is 453 g/mol. The molecule has 0 saturated carbocycles. The van der Waals surface area contributed by atoms with Gasteiger partial charge >= 0.3 is 6.01 Å². The molecule has 0 bridgehead atoms. The second kappa shape index (κ2) is 7.94. The summed E-state index contributed by atoms with van der Waals surface area (Å²) in [4.78, 5) is 11.2. The molecule has 1 saturated heterocycles. The number of pyridine rings is 1. The number of fused-ring (bicyclic) bond motifs is 1. The summed E-state index contributed by atoms with van der Waals surface area (Å²) < 4.78 is 36.9. The van der Waals surface area contributed by atoms with Crippen molar-refractivity contribution in [3.63, 3.8) is 0 Å². The largest absolute Gasteiger partial charge is 0.489 e. The van der Waals surface area contributed by atoms with Crippen molar-refractivity contribution in [2.24, 2.45) is 0 Å². The van der Waals surface area contributed by atoms with Crippen LogP contribution in [0.2, 0.25) is 0 Å². The summed E-state index contributed by atoms with van der Waals surface area (Å²) in [6.07, 6.45) is 6.63. The number of aromatic nitrogens is 4. The van der Waals surface area contributed by atoms with Crippen LogP contribution in [0.3, 0.4) is 0 Å². The molecule has 1 aliphatic rings. The van der Waals surface area contributed by atoms with Gasteiger partial charge in [0, 0.05) is 43.8 Å². The van der Waals surface area contributed by atoms with Crippen molar-refractivity contribution in [1.82, 2.24) is 19.7 Å². The first kappa shape index (κ1) is 20.5. The lowest BCUT2D eigenvalue weighted by atomic mass is 10.1. The fourth-order valence-corrected chi connectivity index (χ4v) is 4.56. The first-order valence-electron chi connectivity index (χ1n) is 10.4. The normalized spacial score (nSPS) is 15.4. The summed E-state index contributed by atoms with van der Waals surface area (Å²) >= 11 is 0. The Labute approximate surface area is 185 Å². The van der Waals surface area contributed by atoms with Crippen LogP contribution in [-0.4, -0.2) is 53.6 Å². The second-order valence-electron chi connectivity index (χ2n) is 7.96. The van der Waals surface area contributed by atoms with E-state index in [-0.39, 0.29) is 6.10 Å². The van der Waals surface area contributed by atoms with E-state index >= 15 is 0 Å². The van der Waals surface area contributed by atoms with Gasteiger partial charge in [0.2, 0.25) is 0 Å². The van der Waals surface area contributed by atoms with E-state index in [9.17, 15) is 8.42 Å². The lowest BCUT2D eigenvalue weighted by molar-refractivity contribution is 0.168. The maximum Gasteiger partial charge on any atom is 0.324 e. The molecule has 0 atom stereocenters. The number of benzene rings is 1. The zero-order chi connectivity index (χ0) is 22.3. The number of nitrogens with zero attached hydrogens (tertiary/aromatic N) is 5. The third-order valence-corrected chi connectivity index (χ3v) is 6.70. The Bertz CT molecular complexity index is 1350. The first-order valence-corrected chi connectivity index (χ1v) is 12.3. The molecule has 0 spiro atoms. The number of hydrogen-bond donors (Lipinski definition) is 0. The van der Waals surface area contributed by atoms with Crippen LogP contribution in [0, 0.1) is 6.92 Å². The third-order valence-electron chi connectivity index (χ3n) is 5.59. The zero-order valence-electron chi connectivity index (χ0n) is 17.8. The summed E-state index contributed by atoms with van der Waals surface area (Å²) in [6, 6.07) is 11.4. The molecule has 0 radical (unpaired) electrons. The molecule has 1 aromatic carbocycles. The second-order valence-corrected chi connectivity index (χ2v) is 9.97. The average Bonchev–Trinajstić information content (AvgIpc) is 3.40. The van der Waals surface area contributed by atoms with Gasteiger partial charge in [-0.05, 0) is 43.3 Å². The van der Waals surface area contributed by atoms with Crippen molar-refractivity contribution in [2.75, 3.05) is 24.2 Å². The Morgan fingerprint density at radius 3 is 2.59 bits per heavy atom. The van der Waals surface area contributed by atoms with Gasteiger partial charge in [0.25, 0.3) is 0 Å². The molecule has 5 rings (SSSR count). The third kappa shape index (κ3) is 4.05. The van der Waals surface area contributed by atoms with Gasteiger partial charge in [-0.2, -0.15) is 4.98 Å². The van der Waals surface area contributed by atoms with Crippen molar-refractivity contribution in [1.29, 1.82) is 0 Å². The van der Waals surface area contributed by atoms with Crippen LogP contribution in [0.25, 0.3) is 16.7 Å². The van der Waals surface area contributed by atoms with Crippen molar-refractivity contribution in [3.8, 4) is 11.6 Å². The molecule has 4 aromatic rings. The molecule has 10 heteroatoms. The van der Waals surface area contributed by atoms with Crippen molar-refractivity contribution in [3.05, 3.63) is 54.6 Å². The summed E-state index contributed by atoms with van der Waals surface area (Å²) in [5.41, 5.74) is 0.891. The number of sulfone groups is 1. The Morgan fingerprint density at radius 1 is 1.12 bits per heavy atom. The van der Waals surface area contributed by atoms with E-state index in [0.29, 0.717) is 16.7 Å². The Hall–Kier alpha value is -3.40. The van der Waals surface area contributed by atoms with Crippen molar-refractivity contribution >= 4 is 26.8 Å². The Kier molecular flexibility index (Phi) is 5.09. The van der Waals surface area contributed by atoms with E-state index < -0.39 is 9.84 Å². The lowest BCUT2D eigenvalue weighted by Crippen LogP contribution is -2.38. The van der Waals surface area contributed by atoms with Crippen molar-refractivity contribution < 1.29 is 17.7 Å². The minimum atomic E-state index is -3.24. The maximum atomic E-state index is 11.8. The van der Waals surface area contributed by atoms with Gasteiger partial charge in [0.1, 0.15) is 17.7 Å². The predicted octanol–water partition coefficient (Wildman–Crippen LogP) is 3.17. The number of ether oxygens (including phenoxy) is 1. The maximum absolute atomic E-state index is 11.8. The molecule has 3 aromatic heterocycles. The summed E-state index contributed by atoms with van der Waals surface area (Å²) in [6.45, 7) is 3.40. The van der Waals surface area contributed by atoms with Gasteiger partial charge in [-0.25, -0.2) is 13.4 Å². The molecule has 1 aliphatic heterocycles. The summed E-state index contributed by atoms with van der Waals surface area (Å²) in [7, 11) is -3.24. The minimum absolute atomic E-state index is 0.102. The van der Waals surface area contributed by atoms with Gasteiger partial charge < -0.3 is 18.7 Å². The standard InChI is InChI=1S/C22H23N5O4S/c1-15-24-22(31-25-15)26-10-8-17(9-11-26)30-18-3-6-21(23-14-18)27-12-7-16-13-19(32(2,28)29)4-5-20(16)27/h3-7,12-14,17H,8-11H2,1-2H3. The molecule has 0 N–H and O–H groups in total. The minimum Gasteiger partial charge on any atom is -0.489 e. The van der Waals surface area contributed by atoms with E-state index in [4.69, 9.17) is 9.26 Å². The van der Waals surface area contributed by atoms with Crippen LogP contribution < -0.4 is 9.64 Å². The molecule has 0 unspecified atom stereocenters. The topological polar surface area (TPSA) is 103 Å². The zero-order valence-corrected chi connectivity index (χ0v) is 18.6. The quantitative estimate of drug-likeness (QED) is 0.454. The van der Waals surface area contributed by atoms with Crippen LogP contribution in [-0.2, 0) is 9.84 Å². The summed E-state index contributed by atoms with van der Waals surface area (Å²) in [5, 5.41) is 4.69. The number of aryl methyl sites for hydroxylation is 1. The predicted molar refractivity (Wildman–Crippen MR) is 119 cm³/mol. The van der Waals surface area contributed by atoms with Gasteiger partial charge in [-0.3, -0.25) is 0 Å². The average molecular weight is 454 g/mol. The van der Waals surface area contributed by atoms with E-state index in [1.807, 2.05) is 35.9 Å². The molecular weight excluding hydrogens is 430 g/mol. The molecule has 0 aliphatic carbocycles. The number of piperidine rings is 1. The summed E-state index contributed by atoms with van der Waals surface area (Å²) in [5.74, 6) is 2.09. The Balaban J connectivity index is 1.26. The van der Waals surface area contributed by atoms with Crippen LogP contribution >= 0.6 is 0 Å². The van der Waals surface area contributed by atoms with Crippen molar-refractivity contribution in [2.45, 2.75) is 30.8 Å². The molecular formula is C22H23N5O4S. The van der Waals surface area contributed by atoms with E-state index in [1.54, 1.807) is 24.4 Å². The fourth-order valence-electron chi connectivity index (χ4n) is 3.91. The van der Waals surface area contributed by atoms with E-state index in [1.165, 1.54) is 6.26 Å². The van der Waals surface area contributed by atoms with Gasteiger partial charge in [0.15, 0.2) is 15.7 Å². The van der Waals surface area contributed by atoms with E-state index in [2.05, 4.69) is 20.0 Å². The van der Waals surface area contributed by atoms with Gasteiger partial charge in [-0.15, -0.1) is 0 Å². The molecule has 166 valence electrons. The molecule has 1 fully saturated rings.